The summed E-state index contributed by atoms with van der Waals surface area (Å²) >= 11 is 6.00. The first kappa shape index (κ1) is 15.5. The third-order valence-corrected chi connectivity index (χ3v) is 3.21. The quantitative estimate of drug-likeness (QED) is 0.798. The molecular formula is C16H18ClNO3. The Hall–Kier alpha value is -1.91. The van der Waals surface area contributed by atoms with Gasteiger partial charge in [0.2, 0.25) is 0 Å². The molecule has 112 valence electrons. The molecule has 0 aliphatic rings. The summed E-state index contributed by atoms with van der Waals surface area (Å²) in [5, 5.41) is 0.586. The highest BCUT2D eigenvalue weighted by Gasteiger charge is 2.06. The van der Waals surface area contributed by atoms with Crippen molar-refractivity contribution in [3.8, 4) is 17.2 Å². The number of para-hydroxylation sites is 1. The van der Waals surface area contributed by atoms with Crippen LogP contribution < -0.4 is 19.9 Å². The molecule has 2 rings (SSSR count). The largest absolute Gasteiger partial charge is 0.493 e. The molecule has 4 nitrogen and oxygen atoms in total. The van der Waals surface area contributed by atoms with Gasteiger partial charge in [-0.1, -0.05) is 29.8 Å². The zero-order valence-electron chi connectivity index (χ0n) is 11.8. The van der Waals surface area contributed by atoms with Gasteiger partial charge in [-0.15, -0.1) is 0 Å². The molecule has 2 aromatic carbocycles. The van der Waals surface area contributed by atoms with Crippen LogP contribution in [-0.4, -0.2) is 20.3 Å². The standard InChI is InChI=1S/C16H18ClNO3/c1-19-16-10-12(11-18)6-7-15(16)21-9-8-20-14-5-3-2-4-13(14)17/h2-7,10H,8-9,11,18H2,1H3. The molecule has 0 fully saturated rings. The summed E-state index contributed by atoms with van der Waals surface area (Å²) in [7, 11) is 1.60. The van der Waals surface area contributed by atoms with Crippen molar-refractivity contribution in [2.75, 3.05) is 20.3 Å². The molecule has 0 heterocycles. The molecule has 0 radical (unpaired) electrons. The van der Waals surface area contributed by atoms with E-state index in [1.807, 2.05) is 36.4 Å². The van der Waals surface area contributed by atoms with Gasteiger partial charge in [-0.25, -0.2) is 0 Å². The molecule has 21 heavy (non-hydrogen) atoms. The molecule has 0 saturated carbocycles. The number of ether oxygens (including phenoxy) is 3. The lowest BCUT2D eigenvalue weighted by molar-refractivity contribution is 0.211. The summed E-state index contributed by atoms with van der Waals surface area (Å²) in [5.74, 6) is 1.97. The van der Waals surface area contributed by atoms with Gasteiger partial charge >= 0.3 is 0 Å². The van der Waals surface area contributed by atoms with Gasteiger partial charge in [0.15, 0.2) is 11.5 Å². The lowest BCUT2D eigenvalue weighted by Gasteiger charge is -2.12. The van der Waals surface area contributed by atoms with Gasteiger partial charge in [-0.05, 0) is 29.8 Å². The number of hydrogen-bond donors (Lipinski definition) is 1. The minimum absolute atomic E-state index is 0.392. The number of benzene rings is 2. The van der Waals surface area contributed by atoms with E-state index in [9.17, 15) is 0 Å². The highest BCUT2D eigenvalue weighted by molar-refractivity contribution is 6.32. The summed E-state index contributed by atoms with van der Waals surface area (Å²) in [6.07, 6.45) is 0. The Morgan fingerprint density at radius 3 is 2.33 bits per heavy atom. The average Bonchev–Trinajstić information content (AvgIpc) is 2.53. The van der Waals surface area contributed by atoms with E-state index in [2.05, 4.69) is 0 Å². The average molecular weight is 308 g/mol. The molecule has 0 amide bonds. The van der Waals surface area contributed by atoms with Gasteiger partial charge in [0.1, 0.15) is 19.0 Å². The number of hydrogen-bond acceptors (Lipinski definition) is 4. The fraction of sp³-hybridized carbons (Fsp3) is 0.250. The van der Waals surface area contributed by atoms with Crippen molar-refractivity contribution < 1.29 is 14.2 Å². The van der Waals surface area contributed by atoms with Gasteiger partial charge < -0.3 is 19.9 Å². The van der Waals surface area contributed by atoms with Crippen molar-refractivity contribution in [3.63, 3.8) is 0 Å². The Bertz CT molecular complexity index is 589. The van der Waals surface area contributed by atoms with Crippen molar-refractivity contribution in [1.82, 2.24) is 0 Å². The third-order valence-electron chi connectivity index (χ3n) is 2.90. The molecule has 2 N–H and O–H groups in total. The SMILES string of the molecule is COc1cc(CN)ccc1OCCOc1ccccc1Cl. The summed E-state index contributed by atoms with van der Waals surface area (Å²) in [5.41, 5.74) is 6.59. The second-order valence-electron chi connectivity index (χ2n) is 4.32. The normalized spacial score (nSPS) is 10.2. The van der Waals surface area contributed by atoms with Crippen LogP contribution in [0.5, 0.6) is 17.2 Å². The highest BCUT2D eigenvalue weighted by Crippen LogP contribution is 2.28. The number of halogens is 1. The summed E-state index contributed by atoms with van der Waals surface area (Å²) in [6.45, 7) is 1.25. The molecule has 5 heteroatoms. The predicted molar refractivity (Wildman–Crippen MR) is 83.3 cm³/mol. The lowest BCUT2D eigenvalue weighted by atomic mass is 10.2. The van der Waals surface area contributed by atoms with E-state index in [0.717, 1.165) is 5.56 Å². The van der Waals surface area contributed by atoms with Gasteiger partial charge in [-0.2, -0.15) is 0 Å². The van der Waals surface area contributed by atoms with E-state index in [1.54, 1.807) is 13.2 Å². The van der Waals surface area contributed by atoms with Crippen LogP contribution in [0.4, 0.5) is 0 Å². The van der Waals surface area contributed by atoms with Crippen molar-refractivity contribution >= 4 is 11.6 Å². The van der Waals surface area contributed by atoms with E-state index in [4.69, 9.17) is 31.5 Å². The molecule has 0 spiro atoms. The minimum Gasteiger partial charge on any atom is -0.493 e. The summed E-state index contributed by atoms with van der Waals surface area (Å²) in [6, 6.07) is 12.9. The fourth-order valence-corrected chi connectivity index (χ4v) is 2.01. The van der Waals surface area contributed by atoms with Crippen molar-refractivity contribution in [1.29, 1.82) is 0 Å². The molecule has 0 bridgehead atoms. The van der Waals surface area contributed by atoms with Crippen LogP contribution in [0.3, 0.4) is 0 Å². The molecule has 2 aromatic rings. The first-order chi connectivity index (χ1) is 10.2. The first-order valence-electron chi connectivity index (χ1n) is 6.61. The number of rotatable bonds is 7. The maximum absolute atomic E-state index is 6.00. The van der Waals surface area contributed by atoms with Gasteiger partial charge in [-0.3, -0.25) is 0 Å². The van der Waals surface area contributed by atoms with Crippen LogP contribution in [-0.2, 0) is 6.54 Å². The summed E-state index contributed by atoms with van der Waals surface area (Å²) < 4.78 is 16.5. The van der Waals surface area contributed by atoms with Gasteiger partial charge in [0, 0.05) is 6.54 Å². The molecule has 0 aliphatic heterocycles. The van der Waals surface area contributed by atoms with Gasteiger partial charge in [0.05, 0.1) is 12.1 Å². The van der Waals surface area contributed by atoms with E-state index in [-0.39, 0.29) is 0 Å². The van der Waals surface area contributed by atoms with Crippen LogP contribution in [0.1, 0.15) is 5.56 Å². The predicted octanol–water partition coefficient (Wildman–Crippen LogP) is 3.27. The Labute approximate surface area is 129 Å². The molecule has 0 aromatic heterocycles. The van der Waals surface area contributed by atoms with Crippen LogP contribution in [0.15, 0.2) is 42.5 Å². The zero-order valence-corrected chi connectivity index (χ0v) is 12.6. The second-order valence-corrected chi connectivity index (χ2v) is 4.72. The molecule has 0 atom stereocenters. The van der Waals surface area contributed by atoms with Crippen molar-refractivity contribution in [2.24, 2.45) is 5.73 Å². The van der Waals surface area contributed by atoms with E-state index in [1.165, 1.54) is 0 Å². The van der Waals surface area contributed by atoms with Gasteiger partial charge in [0.25, 0.3) is 0 Å². The summed E-state index contributed by atoms with van der Waals surface area (Å²) in [4.78, 5) is 0. The molecule has 0 unspecified atom stereocenters. The number of nitrogens with two attached hydrogens (primary N) is 1. The van der Waals surface area contributed by atoms with Crippen LogP contribution in [0, 0.1) is 0 Å². The topological polar surface area (TPSA) is 53.7 Å². The molecule has 0 aliphatic carbocycles. The van der Waals surface area contributed by atoms with Crippen molar-refractivity contribution in [2.45, 2.75) is 6.54 Å². The Balaban J connectivity index is 1.87. The zero-order chi connectivity index (χ0) is 15.1. The highest BCUT2D eigenvalue weighted by atomic mass is 35.5. The Morgan fingerprint density at radius 2 is 1.67 bits per heavy atom. The van der Waals surface area contributed by atoms with E-state index in [0.29, 0.717) is 42.0 Å². The van der Waals surface area contributed by atoms with Crippen molar-refractivity contribution in [3.05, 3.63) is 53.1 Å². The molecule has 0 saturated heterocycles. The van der Waals surface area contributed by atoms with Crippen LogP contribution in [0.2, 0.25) is 5.02 Å². The van der Waals surface area contributed by atoms with E-state index < -0.39 is 0 Å². The fourth-order valence-electron chi connectivity index (χ4n) is 1.82. The smallest absolute Gasteiger partial charge is 0.161 e. The van der Waals surface area contributed by atoms with Crippen LogP contribution in [0.25, 0.3) is 0 Å². The Kier molecular flexibility index (Phi) is 5.72. The van der Waals surface area contributed by atoms with E-state index >= 15 is 0 Å². The maximum atomic E-state index is 6.00. The second kappa shape index (κ2) is 7.76. The Morgan fingerprint density at radius 1 is 0.952 bits per heavy atom. The lowest BCUT2D eigenvalue weighted by Crippen LogP contribution is -2.10. The maximum Gasteiger partial charge on any atom is 0.161 e. The molecular weight excluding hydrogens is 290 g/mol. The minimum atomic E-state index is 0.392. The number of methoxy groups -OCH3 is 1. The first-order valence-corrected chi connectivity index (χ1v) is 6.99. The van der Waals surface area contributed by atoms with Crippen LogP contribution >= 0.6 is 11.6 Å². The monoisotopic (exact) mass is 307 g/mol. The third kappa shape index (κ3) is 4.28.